The first-order valence-electron chi connectivity index (χ1n) is 7.15. The smallest absolute Gasteiger partial charge is 0.310 e. The van der Waals surface area contributed by atoms with Gasteiger partial charge in [0.15, 0.2) is 0 Å². The van der Waals surface area contributed by atoms with Crippen LogP contribution in [0.25, 0.3) is 0 Å². The second kappa shape index (κ2) is 8.18. The van der Waals surface area contributed by atoms with E-state index in [1.54, 1.807) is 0 Å². The molecule has 0 aliphatic rings. The Morgan fingerprint density at radius 2 is 1.11 bits per heavy atom. The van der Waals surface area contributed by atoms with E-state index in [9.17, 15) is 9.90 Å². The van der Waals surface area contributed by atoms with Crippen molar-refractivity contribution in [2.75, 3.05) is 6.16 Å². The number of hydrogen-bond acceptors (Lipinski definition) is 3. The van der Waals surface area contributed by atoms with E-state index in [4.69, 9.17) is 0 Å². The lowest BCUT2D eigenvalue weighted by Crippen LogP contribution is -2.44. The van der Waals surface area contributed by atoms with E-state index < -0.39 is 14.2 Å². The predicted octanol–water partition coefficient (Wildman–Crippen LogP) is 3.62. The molecule has 0 spiro atoms. The SMILES string of the molecule is CC(C)N(C(C)C)P(CC(=O)O)N(C(C)C)C(C)C. The average molecular weight is 290 g/mol. The lowest BCUT2D eigenvalue weighted by Gasteiger charge is -2.46. The zero-order chi connectivity index (χ0) is 15.3. The lowest BCUT2D eigenvalue weighted by molar-refractivity contribution is -0.134. The molecule has 0 radical (unpaired) electrons. The standard InChI is InChI=1S/C14H31N2O2P/c1-10(2)15(11(3)4)19(9-14(17)18)16(12(5)6)13(7)8/h10-13H,9H2,1-8H3,(H,17,18). The van der Waals surface area contributed by atoms with E-state index in [-0.39, 0.29) is 6.16 Å². The van der Waals surface area contributed by atoms with E-state index in [1.807, 2.05) is 0 Å². The summed E-state index contributed by atoms with van der Waals surface area (Å²) in [6.07, 6.45) is 0.224. The van der Waals surface area contributed by atoms with Crippen LogP contribution in [0.5, 0.6) is 0 Å². The zero-order valence-corrected chi connectivity index (χ0v) is 14.6. The quantitative estimate of drug-likeness (QED) is 0.693. The molecular weight excluding hydrogens is 259 g/mol. The summed E-state index contributed by atoms with van der Waals surface area (Å²) in [7, 11) is -0.818. The summed E-state index contributed by atoms with van der Waals surface area (Å²) in [6.45, 7) is 17.2. The van der Waals surface area contributed by atoms with Crippen LogP contribution < -0.4 is 0 Å². The molecule has 19 heavy (non-hydrogen) atoms. The Morgan fingerprint density at radius 3 is 1.26 bits per heavy atom. The Bertz CT molecular complexity index is 245. The Balaban J connectivity index is 5.42. The van der Waals surface area contributed by atoms with Gasteiger partial charge >= 0.3 is 5.97 Å². The van der Waals surface area contributed by atoms with Gasteiger partial charge in [0.05, 0.1) is 14.4 Å². The third kappa shape index (κ3) is 5.76. The molecule has 0 aliphatic carbocycles. The first-order chi connectivity index (χ1) is 8.59. The van der Waals surface area contributed by atoms with Crippen LogP contribution in [0, 0.1) is 0 Å². The van der Waals surface area contributed by atoms with Gasteiger partial charge in [-0.3, -0.25) is 14.1 Å². The fourth-order valence-corrected chi connectivity index (χ4v) is 5.60. The molecule has 114 valence electrons. The summed E-state index contributed by atoms with van der Waals surface area (Å²) < 4.78 is 4.73. The lowest BCUT2D eigenvalue weighted by atomic mass is 10.3. The van der Waals surface area contributed by atoms with Crippen molar-refractivity contribution in [1.82, 2.24) is 9.34 Å². The molecule has 0 saturated heterocycles. The maximum atomic E-state index is 11.3. The molecule has 0 aromatic carbocycles. The predicted molar refractivity (Wildman–Crippen MR) is 83.6 cm³/mol. The highest BCUT2D eigenvalue weighted by Gasteiger charge is 2.33. The Kier molecular flexibility index (Phi) is 8.11. The number of carboxylic acids is 1. The van der Waals surface area contributed by atoms with E-state index in [0.717, 1.165) is 0 Å². The molecule has 0 unspecified atom stereocenters. The first kappa shape index (κ1) is 18.8. The number of hydrogen-bond donors (Lipinski definition) is 1. The molecule has 4 nitrogen and oxygen atoms in total. The molecule has 0 atom stereocenters. The van der Waals surface area contributed by atoms with Crippen LogP contribution in [0.2, 0.25) is 0 Å². The van der Waals surface area contributed by atoms with Gasteiger partial charge in [-0.05, 0) is 55.4 Å². The van der Waals surface area contributed by atoms with Gasteiger partial charge < -0.3 is 5.11 Å². The molecule has 0 heterocycles. The molecule has 0 aliphatic heterocycles. The largest absolute Gasteiger partial charge is 0.481 e. The monoisotopic (exact) mass is 290 g/mol. The molecular formula is C14H31N2O2P. The molecule has 0 aromatic rings. The molecule has 0 saturated carbocycles. The van der Waals surface area contributed by atoms with Gasteiger partial charge in [-0.2, -0.15) is 0 Å². The highest BCUT2D eigenvalue weighted by Crippen LogP contribution is 2.49. The van der Waals surface area contributed by atoms with Gasteiger partial charge in [0.2, 0.25) is 0 Å². The number of carboxylic acid groups (broad SMARTS) is 1. The fraction of sp³-hybridized carbons (Fsp3) is 0.929. The minimum Gasteiger partial charge on any atom is -0.481 e. The summed E-state index contributed by atoms with van der Waals surface area (Å²) in [4.78, 5) is 11.3. The van der Waals surface area contributed by atoms with Crippen LogP contribution in [0.1, 0.15) is 55.4 Å². The van der Waals surface area contributed by atoms with Crippen LogP contribution in [-0.2, 0) is 4.79 Å². The van der Waals surface area contributed by atoms with Crippen molar-refractivity contribution in [2.45, 2.75) is 79.6 Å². The third-order valence-corrected chi connectivity index (χ3v) is 6.39. The number of aliphatic carboxylic acids is 1. The summed E-state index contributed by atoms with van der Waals surface area (Å²) in [5.41, 5.74) is 0. The molecule has 0 bridgehead atoms. The van der Waals surface area contributed by atoms with Crippen LogP contribution in [0.4, 0.5) is 0 Å². The van der Waals surface area contributed by atoms with Crippen molar-refractivity contribution in [3.8, 4) is 0 Å². The second-order valence-electron chi connectivity index (χ2n) is 6.06. The summed E-state index contributed by atoms with van der Waals surface area (Å²) in [6, 6.07) is 1.41. The third-order valence-electron chi connectivity index (χ3n) is 2.93. The minimum absolute atomic E-state index is 0.224. The van der Waals surface area contributed by atoms with E-state index >= 15 is 0 Å². The maximum absolute atomic E-state index is 11.3. The fourth-order valence-electron chi connectivity index (χ4n) is 2.66. The van der Waals surface area contributed by atoms with Crippen molar-refractivity contribution in [3.05, 3.63) is 0 Å². The van der Waals surface area contributed by atoms with Gasteiger partial charge in [-0.15, -0.1) is 0 Å². The topological polar surface area (TPSA) is 43.8 Å². The highest BCUT2D eigenvalue weighted by atomic mass is 31.1. The van der Waals surface area contributed by atoms with Crippen LogP contribution in [0.15, 0.2) is 0 Å². The first-order valence-corrected chi connectivity index (χ1v) is 8.58. The van der Waals surface area contributed by atoms with Crippen molar-refractivity contribution < 1.29 is 9.90 Å². The van der Waals surface area contributed by atoms with Gasteiger partial charge in [-0.1, -0.05) is 0 Å². The normalized spacial score (nSPS) is 13.0. The minimum atomic E-state index is -0.818. The number of rotatable bonds is 8. The van der Waals surface area contributed by atoms with E-state index in [1.165, 1.54) is 0 Å². The highest BCUT2D eigenvalue weighted by molar-refractivity contribution is 7.53. The number of carbonyl (C=O) groups is 1. The molecule has 0 fully saturated rings. The molecule has 1 N–H and O–H groups in total. The van der Waals surface area contributed by atoms with Crippen molar-refractivity contribution >= 4 is 14.2 Å². The Labute approximate surface area is 120 Å². The molecule has 0 rings (SSSR count). The summed E-state index contributed by atoms with van der Waals surface area (Å²) in [5, 5.41) is 9.27. The van der Waals surface area contributed by atoms with E-state index in [0.29, 0.717) is 24.2 Å². The zero-order valence-electron chi connectivity index (χ0n) is 13.7. The molecule has 0 amide bonds. The average Bonchev–Trinajstić information content (AvgIpc) is 2.12. The van der Waals surface area contributed by atoms with Crippen LogP contribution >= 0.6 is 8.22 Å². The second-order valence-corrected chi connectivity index (χ2v) is 8.04. The van der Waals surface area contributed by atoms with Gasteiger partial charge in [0.1, 0.15) is 0 Å². The van der Waals surface area contributed by atoms with Crippen molar-refractivity contribution in [1.29, 1.82) is 0 Å². The van der Waals surface area contributed by atoms with E-state index in [2.05, 4.69) is 64.7 Å². The Morgan fingerprint density at radius 1 is 0.842 bits per heavy atom. The molecule has 5 heteroatoms. The molecule has 0 aromatic heterocycles. The number of nitrogens with zero attached hydrogens (tertiary/aromatic N) is 2. The van der Waals surface area contributed by atoms with Crippen molar-refractivity contribution in [2.24, 2.45) is 0 Å². The van der Waals surface area contributed by atoms with Crippen molar-refractivity contribution in [3.63, 3.8) is 0 Å². The summed E-state index contributed by atoms with van der Waals surface area (Å²) >= 11 is 0. The van der Waals surface area contributed by atoms with Crippen LogP contribution in [-0.4, -0.2) is 50.7 Å². The van der Waals surface area contributed by atoms with Gasteiger partial charge in [0.25, 0.3) is 0 Å². The summed E-state index contributed by atoms with van der Waals surface area (Å²) in [5.74, 6) is -0.705. The Hall–Kier alpha value is -0.180. The van der Waals surface area contributed by atoms with Gasteiger partial charge in [0, 0.05) is 24.2 Å². The van der Waals surface area contributed by atoms with Gasteiger partial charge in [-0.25, -0.2) is 0 Å². The van der Waals surface area contributed by atoms with Crippen LogP contribution in [0.3, 0.4) is 0 Å². The maximum Gasteiger partial charge on any atom is 0.310 e.